The Morgan fingerprint density at radius 3 is 2.24 bits per heavy atom. The Morgan fingerprint density at radius 2 is 1.68 bits per heavy atom. The van der Waals surface area contributed by atoms with Gasteiger partial charge in [0.15, 0.2) is 0 Å². The van der Waals surface area contributed by atoms with Crippen LogP contribution in [0.5, 0.6) is 0 Å². The van der Waals surface area contributed by atoms with Crippen LogP contribution in [0.3, 0.4) is 0 Å². The third-order valence-electron chi connectivity index (χ3n) is 5.60. The second-order valence-electron chi connectivity index (χ2n) is 7.77. The zero-order valence-electron chi connectivity index (χ0n) is 18.2. The van der Waals surface area contributed by atoms with E-state index in [4.69, 9.17) is 9.84 Å². The number of hydrogen-bond donors (Lipinski definition) is 3. The van der Waals surface area contributed by atoms with Crippen molar-refractivity contribution in [2.24, 2.45) is 0 Å². The largest absolute Gasteiger partial charge is 0.477 e. The van der Waals surface area contributed by atoms with Gasteiger partial charge in [-0.05, 0) is 40.8 Å². The summed E-state index contributed by atoms with van der Waals surface area (Å²) in [6, 6.07) is 17.8. The van der Waals surface area contributed by atoms with Crippen molar-refractivity contribution in [1.29, 1.82) is 0 Å². The Balaban J connectivity index is 1.39. The first-order chi connectivity index (χ1) is 16.5. The van der Waals surface area contributed by atoms with Gasteiger partial charge < -0.3 is 20.5 Å². The number of carbonyl (C=O) groups is 3. The van der Waals surface area contributed by atoms with E-state index in [1.54, 1.807) is 0 Å². The molecule has 0 aliphatic heterocycles. The molecule has 3 N–H and O–H groups in total. The zero-order chi connectivity index (χ0) is 24.1. The Labute approximate surface area is 196 Å². The number of ether oxygens (including phenoxy) is 1. The van der Waals surface area contributed by atoms with Crippen molar-refractivity contribution >= 4 is 23.7 Å². The first-order valence-electron chi connectivity index (χ1n) is 10.7. The van der Waals surface area contributed by atoms with Gasteiger partial charge in [-0.25, -0.2) is 14.6 Å². The number of hydrogen-bond acceptors (Lipinski definition) is 5. The molecule has 1 aromatic heterocycles. The number of rotatable bonds is 8. The lowest BCUT2D eigenvalue weighted by Gasteiger charge is -2.19. The molecule has 1 atom stereocenters. The van der Waals surface area contributed by atoms with Crippen LogP contribution in [0, 0.1) is 0 Å². The van der Waals surface area contributed by atoms with Crippen molar-refractivity contribution in [2.75, 3.05) is 11.9 Å². The molecule has 172 valence electrons. The van der Waals surface area contributed by atoms with Crippen molar-refractivity contribution in [3.8, 4) is 11.1 Å². The molecule has 1 aliphatic carbocycles. The molecule has 8 nitrogen and oxygen atoms in total. The predicted molar refractivity (Wildman–Crippen MR) is 127 cm³/mol. The highest BCUT2D eigenvalue weighted by atomic mass is 16.5. The summed E-state index contributed by atoms with van der Waals surface area (Å²) in [5, 5.41) is 14.1. The Kier molecular flexibility index (Phi) is 6.68. The minimum absolute atomic E-state index is 0.0938. The highest BCUT2D eigenvalue weighted by Crippen LogP contribution is 2.44. The topological polar surface area (TPSA) is 118 Å². The van der Waals surface area contributed by atoms with Crippen LogP contribution in [0.2, 0.25) is 0 Å². The molecule has 1 heterocycles. The summed E-state index contributed by atoms with van der Waals surface area (Å²) in [5.41, 5.74) is 4.59. The Morgan fingerprint density at radius 1 is 1.03 bits per heavy atom. The van der Waals surface area contributed by atoms with Gasteiger partial charge in [0.25, 0.3) is 0 Å². The monoisotopic (exact) mass is 457 g/mol. The van der Waals surface area contributed by atoms with Crippen molar-refractivity contribution in [1.82, 2.24) is 10.3 Å². The number of fused-ring (bicyclic) bond motifs is 3. The van der Waals surface area contributed by atoms with Gasteiger partial charge in [-0.15, -0.1) is 6.58 Å². The van der Waals surface area contributed by atoms with Crippen molar-refractivity contribution in [3.63, 3.8) is 0 Å². The lowest BCUT2D eigenvalue weighted by molar-refractivity contribution is -0.118. The lowest BCUT2D eigenvalue weighted by atomic mass is 9.98. The Bertz CT molecular complexity index is 1190. The fourth-order valence-corrected chi connectivity index (χ4v) is 4.00. The van der Waals surface area contributed by atoms with E-state index in [2.05, 4.69) is 34.3 Å². The van der Waals surface area contributed by atoms with Gasteiger partial charge in [-0.2, -0.15) is 0 Å². The van der Waals surface area contributed by atoms with E-state index in [0.717, 1.165) is 22.3 Å². The number of carboxylic acids is 1. The van der Waals surface area contributed by atoms with E-state index >= 15 is 0 Å². The molecule has 2 aromatic carbocycles. The molecule has 0 saturated carbocycles. The molecular weight excluding hydrogens is 434 g/mol. The SMILES string of the molecule is C=CCC(NC(=O)OCC1c2ccccc2-c2ccccc21)C(=O)Nc1ccc(C(=O)O)nc1. The first kappa shape index (κ1) is 22.7. The van der Waals surface area contributed by atoms with Crippen LogP contribution in [0.4, 0.5) is 10.5 Å². The number of nitrogens with one attached hydrogen (secondary N) is 2. The third-order valence-corrected chi connectivity index (χ3v) is 5.60. The van der Waals surface area contributed by atoms with E-state index in [0.29, 0.717) is 5.69 Å². The van der Waals surface area contributed by atoms with Crippen LogP contribution in [-0.4, -0.2) is 40.7 Å². The maximum absolute atomic E-state index is 12.7. The quantitative estimate of drug-likeness (QED) is 0.437. The van der Waals surface area contributed by atoms with Crippen molar-refractivity contribution in [3.05, 3.63) is 96.3 Å². The molecule has 0 spiro atoms. The molecular formula is C26H23N3O5. The van der Waals surface area contributed by atoms with Gasteiger partial charge in [0.1, 0.15) is 18.3 Å². The smallest absolute Gasteiger partial charge is 0.407 e. The van der Waals surface area contributed by atoms with Gasteiger partial charge in [0.2, 0.25) is 5.91 Å². The molecule has 34 heavy (non-hydrogen) atoms. The average Bonchev–Trinajstić information content (AvgIpc) is 3.16. The van der Waals surface area contributed by atoms with Gasteiger partial charge in [-0.3, -0.25) is 4.79 Å². The van der Waals surface area contributed by atoms with Crippen molar-refractivity contribution < 1.29 is 24.2 Å². The number of amides is 2. The second kappa shape index (κ2) is 9.99. The van der Waals surface area contributed by atoms with E-state index in [1.165, 1.54) is 24.4 Å². The molecule has 0 bridgehead atoms. The predicted octanol–water partition coefficient (Wildman–Crippen LogP) is 4.20. The number of aromatic nitrogens is 1. The standard InChI is InChI=1S/C26H23N3O5/c1-2-7-22(24(30)28-16-12-13-23(25(31)32)27-14-16)29-26(33)34-15-21-19-10-5-3-8-17(19)18-9-4-6-11-20(18)21/h2-6,8-14,21-22H,1,7,15H2,(H,28,30)(H,29,33)(H,31,32). The van der Waals surface area contributed by atoms with Crippen LogP contribution in [0.25, 0.3) is 11.1 Å². The van der Waals surface area contributed by atoms with Crippen LogP contribution in [-0.2, 0) is 9.53 Å². The summed E-state index contributed by atoms with van der Waals surface area (Å²) < 4.78 is 5.52. The number of aromatic carboxylic acids is 1. The molecule has 0 radical (unpaired) electrons. The van der Waals surface area contributed by atoms with Crippen LogP contribution >= 0.6 is 0 Å². The second-order valence-corrected chi connectivity index (χ2v) is 7.77. The molecule has 8 heteroatoms. The fraction of sp³-hybridized carbons (Fsp3) is 0.154. The maximum atomic E-state index is 12.7. The summed E-state index contributed by atoms with van der Waals surface area (Å²) in [5.74, 6) is -1.76. The summed E-state index contributed by atoms with van der Waals surface area (Å²) in [4.78, 5) is 39.9. The molecule has 2 amide bonds. The zero-order valence-corrected chi connectivity index (χ0v) is 18.2. The molecule has 0 saturated heterocycles. The van der Waals surface area contributed by atoms with Crippen LogP contribution < -0.4 is 10.6 Å². The summed E-state index contributed by atoms with van der Waals surface area (Å²) in [6.07, 6.45) is 2.21. The van der Waals surface area contributed by atoms with Gasteiger partial charge in [0.05, 0.1) is 11.9 Å². The number of carboxylic acid groups (broad SMARTS) is 1. The minimum atomic E-state index is -1.17. The molecule has 0 fully saturated rings. The fourth-order valence-electron chi connectivity index (χ4n) is 4.00. The summed E-state index contributed by atoms with van der Waals surface area (Å²) in [7, 11) is 0. The normalized spacial score (nSPS) is 12.7. The van der Waals surface area contributed by atoms with Gasteiger partial charge >= 0.3 is 12.1 Å². The van der Waals surface area contributed by atoms with Gasteiger partial charge in [0, 0.05) is 5.92 Å². The van der Waals surface area contributed by atoms with E-state index in [9.17, 15) is 14.4 Å². The number of benzene rings is 2. The summed E-state index contributed by atoms with van der Waals surface area (Å²) in [6.45, 7) is 3.77. The van der Waals surface area contributed by atoms with E-state index in [-0.39, 0.29) is 24.6 Å². The molecule has 1 aliphatic rings. The minimum Gasteiger partial charge on any atom is -0.477 e. The number of carbonyl (C=O) groups excluding carboxylic acids is 2. The highest BCUT2D eigenvalue weighted by Gasteiger charge is 2.29. The van der Waals surface area contributed by atoms with E-state index < -0.39 is 24.0 Å². The number of alkyl carbamates (subject to hydrolysis) is 1. The maximum Gasteiger partial charge on any atom is 0.407 e. The van der Waals surface area contributed by atoms with Crippen LogP contribution in [0.1, 0.15) is 34.0 Å². The van der Waals surface area contributed by atoms with Gasteiger partial charge in [-0.1, -0.05) is 54.6 Å². The number of nitrogens with zero attached hydrogens (tertiary/aromatic N) is 1. The highest BCUT2D eigenvalue weighted by molar-refractivity contribution is 5.97. The van der Waals surface area contributed by atoms with Crippen molar-refractivity contribution in [2.45, 2.75) is 18.4 Å². The summed E-state index contributed by atoms with van der Waals surface area (Å²) >= 11 is 0. The van der Waals surface area contributed by atoms with Crippen LogP contribution in [0.15, 0.2) is 79.5 Å². The first-order valence-corrected chi connectivity index (χ1v) is 10.7. The molecule has 4 rings (SSSR count). The average molecular weight is 457 g/mol. The molecule has 1 unspecified atom stereocenters. The van der Waals surface area contributed by atoms with E-state index in [1.807, 2.05) is 36.4 Å². The third kappa shape index (κ3) is 4.80. The molecule has 3 aromatic rings. The number of pyridine rings is 1. The Hall–Kier alpha value is -4.46. The lowest BCUT2D eigenvalue weighted by Crippen LogP contribution is -2.44. The number of anilines is 1.